The Labute approximate surface area is 239 Å². The maximum absolute atomic E-state index is 13.4. The number of aliphatic carboxylic acids is 1. The lowest BCUT2D eigenvalue weighted by molar-refractivity contribution is -0.192. The summed E-state index contributed by atoms with van der Waals surface area (Å²) in [6.45, 7) is 5.08. The summed E-state index contributed by atoms with van der Waals surface area (Å²) in [5.41, 5.74) is 7.23. The molecule has 2 saturated heterocycles. The van der Waals surface area contributed by atoms with Gasteiger partial charge in [0.1, 0.15) is 4.75 Å². The van der Waals surface area contributed by atoms with Crippen molar-refractivity contribution >= 4 is 27.6 Å². The molecule has 2 atom stereocenters. The SMILES string of the molecule is CC(C)(C(=O)N(CCN1C2CCC1CC(c1cccc(C(N)=O)c1)C2)CC1CCC1)S(C)(=O)=O.O=C(O)C(F)(F)F. The Morgan fingerprint density at radius 2 is 1.63 bits per heavy atom. The minimum atomic E-state index is -5.08. The molecule has 4 rings (SSSR count). The van der Waals surface area contributed by atoms with Gasteiger partial charge < -0.3 is 15.7 Å². The van der Waals surface area contributed by atoms with E-state index in [0.717, 1.165) is 51.3 Å². The van der Waals surface area contributed by atoms with E-state index >= 15 is 0 Å². The van der Waals surface area contributed by atoms with E-state index in [1.165, 1.54) is 25.8 Å². The quantitative estimate of drug-likeness (QED) is 0.440. The van der Waals surface area contributed by atoms with Crippen molar-refractivity contribution in [1.82, 2.24) is 9.80 Å². The van der Waals surface area contributed by atoms with Crippen molar-refractivity contribution in [3.05, 3.63) is 35.4 Å². The van der Waals surface area contributed by atoms with Crippen LogP contribution in [0.4, 0.5) is 13.2 Å². The average molecular weight is 604 g/mol. The van der Waals surface area contributed by atoms with E-state index in [1.807, 2.05) is 17.0 Å². The van der Waals surface area contributed by atoms with Crippen molar-refractivity contribution in [2.24, 2.45) is 11.7 Å². The van der Waals surface area contributed by atoms with Crippen LogP contribution in [-0.2, 0) is 19.4 Å². The fraction of sp³-hybridized carbons (Fsp3) is 0.679. The molecule has 1 aliphatic carbocycles. The highest BCUT2D eigenvalue weighted by Gasteiger charge is 2.44. The first-order valence-corrected chi connectivity index (χ1v) is 15.8. The molecule has 2 aliphatic heterocycles. The molecule has 0 aromatic heterocycles. The van der Waals surface area contributed by atoms with E-state index in [9.17, 15) is 31.2 Å². The van der Waals surface area contributed by atoms with E-state index in [4.69, 9.17) is 15.6 Å². The molecular formula is C28H40F3N3O6S. The molecule has 3 fully saturated rings. The number of carboxylic acid groups (broad SMARTS) is 1. The third-order valence-corrected chi connectivity index (χ3v) is 10.9. The molecule has 0 radical (unpaired) electrons. The van der Waals surface area contributed by atoms with Gasteiger partial charge in [0.25, 0.3) is 0 Å². The number of piperidine rings is 1. The highest BCUT2D eigenvalue weighted by atomic mass is 32.2. The van der Waals surface area contributed by atoms with Crippen molar-refractivity contribution in [2.45, 2.75) is 87.7 Å². The number of primary amides is 1. The number of sulfone groups is 1. The normalized spacial score (nSPS) is 23.2. The summed E-state index contributed by atoms with van der Waals surface area (Å²) in [7, 11) is -3.51. The number of carboxylic acids is 1. The largest absolute Gasteiger partial charge is 0.490 e. The maximum atomic E-state index is 13.4. The molecule has 1 aromatic rings. The Hall–Kier alpha value is -2.67. The zero-order valence-electron chi connectivity index (χ0n) is 23.7. The van der Waals surface area contributed by atoms with Gasteiger partial charge in [-0.1, -0.05) is 18.6 Å². The van der Waals surface area contributed by atoms with Gasteiger partial charge in [0.05, 0.1) is 0 Å². The van der Waals surface area contributed by atoms with Crippen molar-refractivity contribution < 1.29 is 41.1 Å². The Balaban J connectivity index is 0.000000587. The van der Waals surface area contributed by atoms with Crippen LogP contribution in [0.3, 0.4) is 0 Å². The second-order valence-electron chi connectivity index (χ2n) is 11.9. The smallest absolute Gasteiger partial charge is 0.475 e. The van der Waals surface area contributed by atoms with Gasteiger partial charge in [0.2, 0.25) is 11.8 Å². The number of nitrogens with zero attached hydrogens (tertiary/aromatic N) is 2. The van der Waals surface area contributed by atoms with E-state index in [-0.39, 0.29) is 5.91 Å². The van der Waals surface area contributed by atoms with Crippen LogP contribution >= 0.6 is 0 Å². The Kier molecular flexibility index (Phi) is 10.2. The molecule has 41 heavy (non-hydrogen) atoms. The van der Waals surface area contributed by atoms with Crippen molar-refractivity contribution in [2.75, 3.05) is 25.9 Å². The summed E-state index contributed by atoms with van der Waals surface area (Å²) < 4.78 is 55.0. The number of hydrogen-bond acceptors (Lipinski definition) is 6. The molecule has 1 saturated carbocycles. The van der Waals surface area contributed by atoms with E-state index in [2.05, 4.69) is 11.0 Å². The molecule has 2 unspecified atom stereocenters. The summed E-state index contributed by atoms with van der Waals surface area (Å²) in [6.07, 6.45) is 3.84. The van der Waals surface area contributed by atoms with Crippen molar-refractivity contribution in [3.8, 4) is 0 Å². The number of halogens is 3. The van der Waals surface area contributed by atoms with Crippen LogP contribution in [-0.4, -0.2) is 90.0 Å². The van der Waals surface area contributed by atoms with Gasteiger partial charge >= 0.3 is 12.1 Å². The number of nitrogens with two attached hydrogens (primary N) is 1. The Morgan fingerprint density at radius 3 is 2.07 bits per heavy atom. The lowest BCUT2D eigenvalue weighted by atomic mass is 9.84. The van der Waals surface area contributed by atoms with Crippen LogP contribution in [0, 0.1) is 5.92 Å². The predicted octanol–water partition coefficient (Wildman–Crippen LogP) is 3.58. The first kappa shape index (κ1) is 32.8. The standard InChI is InChI=1S/C26H39N3O4S.C2HF3O2/c1-26(2,34(3,32)33)25(31)28(17-18-6-4-7-18)12-13-29-22-10-11-23(29)16-21(15-22)19-8-5-9-20(14-19)24(27)30;3-2(4,5)1(6)7/h5,8-9,14,18,21-23H,4,6-7,10-13,15-17H2,1-3H3,(H2,27,30);(H,6,7). The monoisotopic (exact) mass is 603 g/mol. The fourth-order valence-corrected chi connectivity index (χ4v) is 6.34. The third-order valence-electron chi connectivity index (χ3n) is 8.83. The van der Waals surface area contributed by atoms with Crippen molar-refractivity contribution in [3.63, 3.8) is 0 Å². The molecule has 1 aromatic carbocycles. The minimum Gasteiger partial charge on any atom is -0.475 e. The topological polar surface area (TPSA) is 138 Å². The zero-order valence-corrected chi connectivity index (χ0v) is 24.5. The second-order valence-corrected chi connectivity index (χ2v) is 14.5. The number of fused-ring (bicyclic) bond motifs is 2. The van der Waals surface area contributed by atoms with Gasteiger partial charge in [-0.25, -0.2) is 13.2 Å². The van der Waals surface area contributed by atoms with Gasteiger partial charge in [-0.3, -0.25) is 14.5 Å². The number of carbonyl (C=O) groups excluding carboxylic acids is 2. The van der Waals surface area contributed by atoms with Crippen LogP contribution in [0.25, 0.3) is 0 Å². The molecule has 9 nitrogen and oxygen atoms in total. The lowest BCUT2D eigenvalue weighted by Crippen LogP contribution is -2.54. The van der Waals surface area contributed by atoms with Gasteiger partial charge in [0, 0.05) is 43.5 Å². The summed E-state index contributed by atoms with van der Waals surface area (Å²) in [5, 5.41) is 7.12. The van der Waals surface area contributed by atoms with Crippen LogP contribution in [0.5, 0.6) is 0 Å². The number of rotatable bonds is 9. The molecule has 3 aliphatic rings. The lowest BCUT2D eigenvalue weighted by Gasteiger charge is -2.42. The van der Waals surface area contributed by atoms with E-state index in [1.54, 1.807) is 6.07 Å². The molecule has 13 heteroatoms. The number of hydrogen-bond donors (Lipinski definition) is 2. The molecule has 2 bridgehead atoms. The molecule has 2 heterocycles. The molecule has 230 valence electrons. The van der Waals surface area contributed by atoms with E-state index < -0.39 is 32.6 Å². The van der Waals surface area contributed by atoms with Crippen LogP contribution in [0.1, 0.15) is 80.6 Å². The number of amides is 2. The van der Waals surface area contributed by atoms with Crippen LogP contribution in [0.2, 0.25) is 0 Å². The number of benzene rings is 1. The van der Waals surface area contributed by atoms with Crippen LogP contribution < -0.4 is 5.73 Å². The van der Waals surface area contributed by atoms with Gasteiger partial charge in [-0.05, 0) is 81.9 Å². The molecular weight excluding hydrogens is 563 g/mol. The molecule has 2 amide bonds. The average Bonchev–Trinajstić information content (AvgIpc) is 3.08. The Morgan fingerprint density at radius 1 is 1.07 bits per heavy atom. The van der Waals surface area contributed by atoms with Gasteiger partial charge in [-0.2, -0.15) is 13.2 Å². The fourth-order valence-electron chi connectivity index (χ4n) is 5.90. The van der Waals surface area contributed by atoms with E-state index in [0.29, 0.717) is 42.6 Å². The van der Waals surface area contributed by atoms with Crippen LogP contribution in [0.15, 0.2) is 24.3 Å². The first-order valence-electron chi connectivity index (χ1n) is 13.9. The summed E-state index contributed by atoms with van der Waals surface area (Å²) in [6, 6.07) is 8.61. The number of alkyl halides is 3. The maximum Gasteiger partial charge on any atom is 0.490 e. The summed E-state index contributed by atoms with van der Waals surface area (Å²) in [4.78, 5) is 38.2. The third kappa shape index (κ3) is 8.00. The molecule has 0 spiro atoms. The predicted molar refractivity (Wildman–Crippen MR) is 147 cm³/mol. The summed E-state index contributed by atoms with van der Waals surface area (Å²) >= 11 is 0. The zero-order chi connectivity index (χ0) is 30.8. The molecule has 3 N–H and O–H groups in total. The first-order chi connectivity index (χ1) is 18.9. The number of carbonyl (C=O) groups is 3. The van der Waals surface area contributed by atoms with Gasteiger partial charge in [-0.15, -0.1) is 0 Å². The Bertz CT molecular complexity index is 1220. The second kappa shape index (κ2) is 12.7. The highest BCUT2D eigenvalue weighted by molar-refractivity contribution is 7.92. The van der Waals surface area contributed by atoms with Crippen molar-refractivity contribution in [1.29, 1.82) is 0 Å². The summed E-state index contributed by atoms with van der Waals surface area (Å²) in [5.74, 6) is -2.53. The van der Waals surface area contributed by atoms with Gasteiger partial charge in [0.15, 0.2) is 9.84 Å². The highest BCUT2D eigenvalue weighted by Crippen LogP contribution is 2.43. The minimum absolute atomic E-state index is 0.271.